The number of carbonyl (C=O) groups is 3. The van der Waals surface area contributed by atoms with Crippen molar-refractivity contribution in [2.75, 3.05) is 6.61 Å². The van der Waals surface area contributed by atoms with Crippen LogP contribution >= 0.6 is 0 Å². The lowest BCUT2D eigenvalue weighted by Crippen LogP contribution is -2.61. The number of esters is 1. The van der Waals surface area contributed by atoms with Crippen LogP contribution in [0.5, 0.6) is 0 Å². The first-order valence-electron chi connectivity index (χ1n) is 12.0. The Kier molecular flexibility index (Phi) is 5.33. The van der Waals surface area contributed by atoms with Crippen molar-refractivity contribution >= 4 is 23.5 Å². The maximum absolute atomic E-state index is 14.3. The number of imide groups is 1. The Morgan fingerprint density at radius 2 is 1.81 bits per heavy atom. The van der Waals surface area contributed by atoms with Gasteiger partial charge in [0.1, 0.15) is 0 Å². The monoisotopic (exact) mass is 492 g/mol. The fourth-order valence-corrected chi connectivity index (χ4v) is 6.25. The van der Waals surface area contributed by atoms with Crippen molar-refractivity contribution in [3.8, 4) is 0 Å². The highest BCUT2D eigenvalue weighted by Crippen LogP contribution is 2.67. The number of nitro benzene ring substituents is 1. The zero-order valence-corrected chi connectivity index (χ0v) is 20.4. The quantitative estimate of drug-likeness (QED) is 0.219. The highest BCUT2D eigenvalue weighted by Gasteiger charge is 2.73. The van der Waals surface area contributed by atoms with Crippen LogP contribution in [0, 0.1) is 26.4 Å². The molecule has 36 heavy (non-hydrogen) atoms. The summed E-state index contributed by atoms with van der Waals surface area (Å²) in [5, 5.41) is 22.0. The number of ether oxygens (including phenoxy) is 1. The minimum absolute atomic E-state index is 0.0187. The predicted molar refractivity (Wildman–Crippen MR) is 128 cm³/mol. The average Bonchev–Trinajstić information content (AvgIpc) is 3.17. The van der Waals surface area contributed by atoms with Gasteiger partial charge >= 0.3 is 5.97 Å². The normalized spacial score (nSPS) is 29.0. The highest BCUT2D eigenvalue weighted by atomic mass is 16.6. The van der Waals surface area contributed by atoms with Crippen LogP contribution in [-0.4, -0.2) is 39.3 Å². The number of benzene rings is 2. The van der Waals surface area contributed by atoms with Crippen LogP contribution in [0.3, 0.4) is 0 Å². The zero-order valence-electron chi connectivity index (χ0n) is 20.4. The van der Waals surface area contributed by atoms with E-state index >= 15 is 0 Å². The number of non-ortho nitro benzene ring substituents is 1. The van der Waals surface area contributed by atoms with Crippen LogP contribution in [0.1, 0.15) is 73.7 Å². The Hall–Kier alpha value is -3.59. The molecule has 0 aromatic heterocycles. The van der Waals surface area contributed by atoms with E-state index in [0.717, 1.165) is 4.90 Å². The molecular weight excluding hydrogens is 464 g/mol. The number of hydrogen-bond acceptors (Lipinski definition) is 7. The summed E-state index contributed by atoms with van der Waals surface area (Å²) in [6.45, 7) is 6.02. The Bertz CT molecular complexity index is 1290. The maximum Gasteiger partial charge on any atom is 0.322 e. The van der Waals surface area contributed by atoms with Gasteiger partial charge in [-0.2, -0.15) is 0 Å². The van der Waals surface area contributed by atoms with Crippen molar-refractivity contribution in [1.29, 1.82) is 0 Å². The van der Waals surface area contributed by atoms with E-state index in [1.807, 2.05) is 20.8 Å². The predicted octanol–water partition coefficient (Wildman–Crippen LogP) is 4.11. The number of nitrogens with zero attached hydrogens (tertiary/aromatic N) is 2. The molecule has 0 radical (unpaired) electrons. The van der Waals surface area contributed by atoms with Gasteiger partial charge in [0.25, 0.3) is 11.6 Å². The topological polar surface area (TPSA) is 127 Å². The minimum Gasteiger partial charge on any atom is -0.464 e. The van der Waals surface area contributed by atoms with Gasteiger partial charge < -0.3 is 9.84 Å². The van der Waals surface area contributed by atoms with E-state index in [1.165, 1.54) is 24.3 Å². The molecule has 9 nitrogen and oxygen atoms in total. The van der Waals surface area contributed by atoms with E-state index in [0.29, 0.717) is 23.1 Å². The SMILES string of the molecule is CC1(C)[C@@]2(C)CC[C@]1(C(=O)N1C(=O)c3ccccc3[C@@H]1C[C@H](O)c1ccc([N+](=O)[O-])cc1)C(=O)OC2. The second kappa shape index (κ2) is 7.96. The molecule has 188 valence electrons. The van der Waals surface area contributed by atoms with Gasteiger partial charge in [-0.15, -0.1) is 0 Å². The number of amides is 2. The molecule has 2 heterocycles. The van der Waals surface area contributed by atoms with Gasteiger partial charge in [-0.1, -0.05) is 39.0 Å². The molecule has 0 spiro atoms. The molecule has 2 amide bonds. The van der Waals surface area contributed by atoms with Gasteiger partial charge in [-0.05, 0) is 47.6 Å². The molecular formula is C27H28N2O7. The first-order chi connectivity index (χ1) is 16.9. The fourth-order valence-electron chi connectivity index (χ4n) is 6.25. The summed E-state index contributed by atoms with van der Waals surface area (Å²) in [6, 6.07) is 11.6. The van der Waals surface area contributed by atoms with E-state index in [9.17, 15) is 29.6 Å². The molecule has 5 rings (SSSR count). The van der Waals surface area contributed by atoms with Gasteiger partial charge in [0.05, 0.1) is 23.7 Å². The second-order valence-electron chi connectivity index (χ2n) is 10.9. The smallest absolute Gasteiger partial charge is 0.322 e. The van der Waals surface area contributed by atoms with Crippen molar-refractivity contribution < 1.29 is 29.2 Å². The van der Waals surface area contributed by atoms with Crippen LogP contribution in [-0.2, 0) is 14.3 Å². The lowest BCUT2D eigenvalue weighted by Gasteiger charge is -2.51. The Balaban J connectivity index is 1.54. The molecule has 2 aliphatic heterocycles. The Morgan fingerprint density at radius 1 is 1.14 bits per heavy atom. The van der Waals surface area contributed by atoms with Crippen LogP contribution in [0.15, 0.2) is 48.5 Å². The van der Waals surface area contributed by atoms with Crippen LogP contribution in [0.4, 0.5) is 5.69 Å². The highest BCUT2D eigenvalue weighted by molar-refractivity contribution is 6.15. The molecule has 2 aromatic carbocycles. The van der Waals surface area contributed by atoms with Gasteiger partial charge in [0.15, 0.2) is 5.41 Å². The summed E-state index contributed by atoms with van der Waals surface area (Å²) in [5.74, 6) is -1.71. The minimum atomic E-state index is -1.51. The van der Waals surface area contributed by atoms with Crippen LogP contribution in [0.2, 0.25) is 0 Å². The number of cyclic esters (lactones) is 1. The largest absolute Gasteiger partial charge is 0.464 e. The average molecular weight is 493 g/mol. The third-order valence-corrected chi connectivity index (χ3v) is 9.10. The van der Waals surface area contributed by atoms with E-state index < -0.39 is 51.1 Å². The maximum atomic E-state index is 14.3. The van der Waals surface area contributed by atoms with Crippen molar-refractivity contribution in [2.24, 2.45) is 16.2 Å². The van der Waals surface area contributed by atoms with E-state index in [1.54, 1.807) is 24.3 Å². The Labute approximate surface area is 208 Å². The number of aliphatic hydroxyl groups excluding tert-OH is 1. The zero-order chi connectivity index (χ0) is 26.0. The summed E-state index contributed by atoms with van der Waals surface area (Å²) in [5.41, 5.74) is -1.39. The molecule has 2 aromatic rings. The number of carbonyl (C=O) groups excluding carboxylic acids is 3. The lowest BCUT2D eigenvalue weighted by molar-refractivity contribution is -0.384. The van der Waals surface area contributed by atoms with Gasteiger partial charge in [-0.25, -0.2) is 0 Å². The number of fused-ring (bicyclic) bond motifs is 3. The molecule has 9 heteroatoms. The number of nitro groups is 1. The summed E-state index contributed by atoms with van der Waals surface area (Å²) in [7, 11) is 0. The molecule has 2 bridgehead atoms. The molecule has 0 unspecified atom stereocenters. The second-order valence-corrected chi connectivity index (χ2v) is 10.9. The van der Waals surface area contributed by atoms with Crippen molar-refractivity contribution in [1.82, 2.24) is 4.90 Å². The first-order valence-corrected chi connectivity index (χ1v) is 12.0. The summed E-state index contributed by atoms with van der Waals surface area (Å²) >= 11 is 0. The Morgan fingerprint density at radius 3 is 2.47 bits per heavy atom. The van der Waals surface area contributed by atoms with Crippen LogP contribution < -0.4 is 0 Å². The fraction of sp³-hybridized carbons (Fsp3) is 0.444. The summed E-state index contributed by atoms with van der Waals surface area (Å²) < 4.78 is 5.51. The molecule has 1 aliphatic carbocycles. The number of aliphatic hydroxyl groups is 1. The van der Waals surface area contributed by atoms with Crippen molar-refractivity contribution in [3.63, 3.8) is 0 Å². The molecule has 1 saturated heterocycles. The third kappa shape index (κ3) is 3.08. The number of rotatable bonds is 5. The molecule has 4 atom stereocenters. The van der Waals surface area contributed by atoms with Gasteiger partial charge in [-0.3, -0.25) is 29.4 Å². The van der Waals surface area contributed by atoms with Gasteiger partial charge in [0.2, 0.25) is 5.91 Å². The van der Waals surface area contributed by atoms with Gasteiger partial charge in [0, 0.05) is 29.5 Å². The summed E-state index contributed by atoms with van der Waals surface area (Å²) in [4.78, 5) is 52.8. The van der Waals surface area contributed by atoms with Crippen molar-refractivity contribution in [2.45, 2.75) is 52.2 Å². The van der Waals surface area contributed by atoms with E-state index in [-0.39, 0.29) is 25.1 Å². The standard InChI is InChI=1S/C27H28N2O7/c1-25(2)26(3)12-13-27(25,24(33)36-15-26)23(32)28-20(18-6-4-5-7-19(18)22(28)31)14-21(30)16-8-10-17(11-9-16)29(34)35/h4-11,20-21,30H,12-15H2,1-3H3/t20-,21-,26-,27-/m0/s1. The lowest BCUT2D eigenvalue weighted by atomic mass is 9.57. The third-order valence-electron chi connectivity index (χ3n) is 9.10. The molecule has 1 saturated carbocycles. The van der Waals surface area contributed by atoms with E-state index in [2.05, 4.69) is 0 Å². The number of hydrogen-bond donors (Lipinski definition) is 1. The van der Waals surface area contributed by atoms with Crippen LogP contribution in [0.25, 0.3) is 0 Å². The summed E-state index contributed by atoms with van der Waals surface area (Å²) in [6.07, 6.45) is -0.230. The van der Waals surface area contributed by atoms with E-state index in [4.69, 9.17) is 4.74 Å². The first kappa shape index (κ1) is 24.1. The molecule has 2 fully saturated rings. The van der Waals surface area contributed by atoms with Crippen molar-refractivity contribution in [3.05, 3.63) is 75.3 Å². The molecule has 1 N–H and O–H groups in total. The molecule has 3 aliphatic rings.